The molecule has 0 amide bonds. The molecule has 6 heteroatoms. The van der Waals surface area contributed by atoms with E-state index in [0.29, 0.717) is 11.7 Å². The van der Waals surface area contributed by atoms with Gasteiger partial charge in [-0.25, -0.2) is 4.39 Å². The quantitative estimate of drug-likeness (QED) is 0.829. The molecule has 0 aromatic heterocycles. The first kappa shape index (κ1) is 16.5. The van der Waals surface area contributed by atoms with E-state index < -0.39 is 20.8 Å². The molecule has 0 saturated heterocycles. The van der Waals surface area contributed by atoms with E-state index in [1.54, 1.807) is 12.1 Å². The van der Waals surface area contributed by atoms with Crippen molar-refractivity contribution < 1.29 is 22.1 Å². The third-order valence-electron chi connectivity index (χ3n) is 3.48. The molecule has 0 bridgehead atoms. The van der Waals surface area contributed by atoms with E-state index in [0.717, 1.165) is 18.6 Å². The number of rotatable bonds is 5. The lowest BCUT2D eigenvalue weighted by atomic mass is 9.99. The summed E-state index contributed by atoms with van der Waals surface area (Å²) in [6.45, 7) is 4.23. The zero-order chi connectivity index (χ0) is 16.3. The molecule has 0 spiro atoms. The molecule has 0 aliphatic heterocycles. The maximum absolute atomic E-state index is 13.6. The van der Waals surface area contributed by atoms with Crippen molar-refractivity contribution in [3.63, 3.8) is 0 Å². The fourth-order valence-corrected chi connectivity index (χ4v) is 2.54. The van der Waals surface area contributed by atoms with Gasteiger partial charge in [-0.2, -0.15) is 8.42 Å². The van der Waals surface area contributed by atoms with E-state index in [9.17, 15) is 12.8 Å². The zero-order valence-electron chi connectivity index (χ0n) is 12.3. The van der Waals surface area contributed by atoms with Gasteiger partial charge in [-0.15, -0.1) is 0 Å². The molecule has 1 atom stereocenters. The monoisotopic (exact) mass is 324 g/mol. The smallest absolute Gasteiger partial charge is 0.297 e. The van der Waals surface area contributed by atoms with Crippen LogP contribution in [0.25, 0.3) is 0 Å². The van der Waals surface area contributed by atoms with Gasteiger partial charge < -0.3 is 4.74 Å². The van der Waals surface area contributed by atoms with Crippen LogP contribution in [0.15, 0.2) is 47.4 Å². The van der Waals surface area contributed by atoms with Crippen molar-refractivity contribution in [3.05, 3.63) is 53.8 Å². The number of hydrogen-bond donors (Lipinski definition) is 1. The highest BCUT2D eigenvalue weighted by molar-refractivity contribution is 7.85. The van der Waals surface area contributed by atoms with Crippen molar-refractivity contribution in [2.75, 3.05) is 0 Å². The van der Waals surface area contributed by atoms with E-state index in [1.165, 1.54) is 11.6 Å². The van der Waals surface area contributed by atoms with Crippen molar-refractivity contribution in [2.45, 2.75) is 31.1 Å². The maximum atomic E-state index is 13.6. The molecule has 0 fully saturated rings. The van der Waals surface area contributed by atoms with Gasteiger partial charge in [-0.05, 0) is 42.2 Å². The second kappa shape index (κ2) is 6.46. The Labute approximate surface area is 129 Å². The van der Waals surface area contributed by atoms with Gasteiger partial charge in [0.1, 0.15) is 22.2 Å². The van der Waals surface area contributed by atoms with E-state index in [4.69, 9.17) is 9.29 Å². The maximum Gasteiger partial charge on any atom is 0.297 e. The Bertz CT molecular complexity index is 754. The van der Waals surface area contributed by atoms with Crippen molar-refractivity contribution in [1.29, 1.82) is 0 Å². The van der Waals surface area contributed by atoms with E-state index in [-0.39, 0.29) is 5.75 Å². The molecule has 1 N–H and O–H groups in total. The fourth-order valence-electron chi connectivity index (χ4n) is 1.99. The summed E-state index contributed by atoms with van der Waals surface area (Å²) >= 11 is 0. The molecule has 0 heterocycles. The van der Waals surface area contributed by atoms with Crippen LogP contribution in [0, 0.1) is 5.82 Å². The largest absolute Gasteiger partial charge is 0.457 e. The Balaban J connectivity index is 2.19. The highest BCUT2D eigenvalue weighted by Gasteiger charge is 2.16. The van der Waals surface area contributed by atoms with Gasteiger partial charge in [0, 0.05) is 6.07 Å². The standard InChI is InChI=1S/C16H17FO4S/c1-3-11(2)12-4-6-13(7-5-12)21-14-8-9-16(15(17)10-14)22(18,19)20/h4-11H,3H2,1-2H3,(H,18,19,20). The van der Waals surface area contributed by atoms with Crippen LogP contribution in [-0.4, -0.2) is 13.0 Å². The van der Waals surface area contributed by atoms with Gasteiger partial charge in [-0.1, -0.05) is 26.0 Å². The van der Waals surface area contributed by atoms with Gasteiger partial charge in [-0.3, -0.25) is 4.55 Å². The summed E-state index contributed by atoms with van der Waals surface area (Å²) < 4.78 is 49.8. The summed E-state index contributed by atoms with van der Waals surface area (Å²) in [5.41, 5.74) is 1.18. The molecule has 22 heavy (non-hydrogen) atoms. The van der Waals surface area contributed by atoms with Crippen LogP contribution >= 0.6 is 0 Å². The fraction of sp³-hybridized carbons (Fsp3) is 0.250. The third-order valence-corrected chi connectivity index (χ3v) is 4.37. The lowest BCUT2D eigenvalue weighted by molar-refractivity contribution is 0.462. The molecule has 0 aliphatic carbocycles. The molecule has 2 aromatic rings. The molecular weight excluding hydrogens is 307 g/mol. The van der Waals surface area contributed by atoms with Crippen molar-refractivity contribution in [1.82, 2.24) is 0 Å². The van der Waals surface area contributed by atoms with Crippen LogP contribution in [0.5, 0.6) is 11.5 Å². The van der Waals surface area contributed by atoms with Gasteiger partial charge in [0.2, 0.25) is 0 Å². The first-order valence-corrected chi connectivity index (χ1v) is 8.30. The average Bonchev–Trinajstić information content (AvgIpc) is 2.46. The molecule has 0 aliphatic rings. The van der Waals surface area contributed by atoms with Crippen LogP contribution < -0.4 is 4.74 Å². The Kier molecular flexibility index (Phi) is 4.83. The molecular formula is C16H17FO4S. The average molecular weight is 324 g/mol. The molecule has 2 aromatic carbocycles. The SMILES string of the molecule is CCC(C)c1ccc(Oc2ccc(S(=O)(=O)O)c(F)c2)cc1. The Morgan fingerprint density at radius 2 is 1.73 bits per heavy atom. The van der Waals surface area contributed by atoms with Gasteiger partial charge in [0.05, 0.1) is 0 Å². The van der Waals surface area contributed by atoms with Crippen LogP contribution in [0.1, 0.15) is 31.7 Å². The summed E-state index contributed by atoms with van der Waals surface area (Å²) in [5.74, 6) is 0.0593. The number of ether oxygens (including phenoxy) is 1. The second-order valence-corrected chi connectivity index (χ2v) is 6.44. The minimum Gasteiger partial charge on any atom is -0.457 e. The minimum atomic E-state index is -4.57. The highest BCUT2D eigenvalue weighted by Crippen LogP contribution is 2.27. The summed E-state index contributed by atoms with van der Waals surface area (Å²) in [6, 6.07) is 10.6. The number of hydrogen-bond acceptors (Lipinski definition) is 3. The second-order valence-electron chi connectivity index (χ2n) is 5.05. The molecule has 1 unspecified atom stereocenters. The molecule has 0 saturated carbocycles. The van der Waals surface area contributed by atoms with Crippen molar-refractivity contribution in [3.8, 4) is 11.5 Å². The lowest BCUT2D eigenvalue weighted by Gasteiger charge is -2.11. The molecule has 118 valence electrons. The van der Waals surface area contributed by atoms with Crippen molar-refractivity contribution in [2.24, 2.45) is 0 Å². The summed E-state index contributed by atoms with van der Waals surface area (Å²) in [5, 5.41) is 0. The summed E-state index contributed by atoms with van der Waals surface area (Å²) in [4.78, 5) is -0.771. The first-order chi connectivity index (χ1) is 10.3. The van der Waals surface area contributed by atoms with Crippen LogP contribution in [0.4, 0.5) is 4.39 Å². The van der Waals surface area contributed by atoms with E-state index in [1.807, 2.05) is 12.1 Å². The van der Waals surface area contributed by atoms with Gasteiger partial charge in [0.25, 0.3) is 10.1 Å². The van der Waals surface area contributed by atoms with Crippen LogP contribution in [0.3, 0.4) is 0 Å². The highest BCUT2D eigenvalue weighted by atomic mass is 32.2. The minimum absolute atomic E-state index is 0.154. The first-order valence-electron chi connectivity index (χ1n) is 6.86. The number of halogens is 1. The third kappa shape index (κ3) is 3.84. The zero-order valence-corrected chi connectivity index (χ0v) is 13.1. The predicted octanol–water partition coefficient (Wildman–Crippen LogP) is 4.38. The van der Waals surface area contributed by atoms with Gasteiger partial charge >= 0.3 is 0 Å². The van der Waals surface area contributed by atoms with Crippen LogP contribution in [0.2, 0.25) is 0 Å². The molecule has 4 nitrogen and oxygen atoms in total. The lowest BCUT2D eigenvalue weighted by Crippen LogP contribution is -2.01. The Morgan fingerprint density at radius 1 is 1.14 bits per heavy atom. The normalized spacial score (nSPS) is 12.9. The van der Waals surface area contributed by atoms with Gasteiger partial charge in [0.15, 0.2) is 0 Å². The topological polar surface area (TPSA) is 63.6 Å². The van der Waals surface area contributed by atoms with Crippen molar-refractivity contribution >= 4 is 10.1 Å². The van der Waals surface area contributed by atoms with Crippen LogP contribution in [-0.2, 0) is 10.1 Å². The Morgan fingerprint density at radius 3 is 2.23 bits per heavy atom. The van der Waals surface area contributed by atoms with E-state index in [2.05, 4.69) is 13.8 Å². The summed E-state index contributed by atoms with van der Waals surface area (Å²) in [6.07, 6.45) is 1.03. The predicted molar refractivity (Wildman–Crippen MR) is 81.4 cm³/mol. The molecule has 0 radical (unpaired) electrons. The molecule has 2 rings (SSSR count). The summed E-state index contributed by atoms with van der Waals surface area (Å²) in [7, 11) is -4.57. The Hall–Kier alpha value is -1.92. The number of benzene rings is 2. The van der Waals surface area contributed by atoms with E-state index >= 15 is 0 Å².